The summed E-state index contributed by atoms with van der Waals surface area (Å²) < 4.78 is 3.80. The van der Waals surface area contributed by atoms with Crippen LogP contribution in [0, 0.1) is 12.8 Å². The molecule has 3 rings (SSSR count). The summed E-state index contributed by atoms with van der Waals surface area (Å²) in [4.78, 5) is 19.4. The number of nitrogens with zero attached hydrogens (tertiary/aromatic N) is 5. The second kappa shape index (κ2) is 7.74. The van der Waals surface area contributed by atoms with E-state index in [9.17, 15) is 4.79 Å². The minimum absolute atomic E-state index is 0.0707. The predicted octanol–water partition coefficient (Wildman–Crippen LogP) is 2.46. The number of likely N-dealkylation sites (tertiary alicyclic amines) is 1. The minimum atomic E-state index is -0.0866. The average molecular weight is 358 g/mol. The molecule has 26 heavy (non-hydrogen) atoms. The van der Waals surface area contributed by atoms with Gasteiger partial charge in [-0.15, -0.1) is 0 Å². The molecule has 0 amide bonds. The molecule has 142 valence electrons. The molecule has 0 atom stereocenters. The van der Waals surface area contributed by atoms with E-state index in [4.69, 9.17) is 0 Å². The molecular weight excluding hydrogens is 326 g/mol. The van der Waals surface area contributed by atoms with E-state index in [0.717, 1.165) is 51.3 Å². The second-order valence-electron chi connectivity index (χ2n) is 8.58. The monoisotopic (exact) mass is 357 g/mol. The van der Waals surface area contributed by atoms with Gasteiger partial charge < -0.3 is 4.90 Å². The van der Waals surface area contributed by atoms with Gasteiger partial charge in [-0.05, 0) is 44.3 Å². The number of hydrogen-bond donors (Lipinski definition) is 0. The highest BCUT2D eigenvalue weighted by atomic mass is 16.1. The Morgan fingerprint density at radius 3 is 2.50 bits per heavy atom. The van der Waals surface area contributed by atoms with Gasteiger partial charge in [0.25, 0.3) is 5.56 Å². The van der Waals surface area contributed by atoms with Crippen LogP contribution < -0.4 is 5.56 Å². The number of hydrogen-bond acceptors (Lipinski definition) is 4. The van der Waals surface area contributed by atoms with Gasteiger partial charge in [0, 0.05) is 30.8 Å². The molecule has 3 heterocycles. The molecule has 2 aromatic heterocycles. The zero-order valence-electron chi connectivity index (χ0n) is 16.5. The SMILES string of the molecule is Cc1cnn(CCN2CCC(Cn3cnc(C(C)(C)C)cc3=O)CC2)c1. The third kappa shape index (κ3) is 4.81. The van der Waals surface area contributed by atoms with Crippen molar-refractivity contribution in [2.75, 3.05) is 19.6 Å². The molecule has 1 saturated heterocycles. The maximum Gasteiger partial charge on any atom is 0.253 e. The van der Waals surface area contributed by atoms with E-state index in [1.807, 2.05) is 10.9 Å². The molecule has 0 radical (unpaired) electrons. The van der Waals surface area contributed by atoms with E-state index in [1.54, 1.807) is 17.0 Å². The Morgan fingerprint density at radius 2 is 1.92 bits per heavy atom. The molecule has 0 unspecified atom stereocenters. The molecule has 0 saturated carbocycles. The Morgan fingerprint density at radius 1 is 1.19 bits per heavy atom. The van der Waals surface area contributed by atoms with Crippen LogP contribution in [0.25, 0.3) is 0 Å². The van der Waals surface area contributed by atoms with Crippen molar-refractivity contribution in [3.05, 3.63) is 46.4 Å². The maximum absolute atomic E-state index is 12.4. The molecule has 0 aliphatic carbocycles. The molecule has 0 aromatic carbocycles. The molecule has 6 heteroatoms. The van der Waals surface area contributed by atoms with Gasteiger partial charge in [-0.25, -0.2) is 4.98 Å². The average Bonchev–Trinajstić information content (AvgIpc) is 3.00. The first-order chi connectivity index (χ1) is 12.3. The highest BCUT2D eigenvalue weighted by molar-refractivity contribution is 5.10. The van der Waals surface area contributed by atoms with Crippen LogP contribution in [0.1, 0.15) is 44.9 Å². The van der Waals surface area contributed by atoms with Gasteiger partial charge in [0.1, 0.15) is 0 Å². The number of rotatable bonds is 5. The van der Waals surface area contributed by atoms with Crippen LogP contribution in [0.5, 0.6) is 0 Å². The van der Waals surface area contributed by atoms with Crippen molar-refractivity contribution in [3.63, 3.8) is 0 Å². The summed E-state index contributed by atoms with van der Waals surface area (Å²) in [6.07, 6.45) is 7.99. The molecule has 0 bridgehead atoms. The number of aromatic nitrogens is 4. The number of piperidine rings is 1. The fourth-order valence-corrected chi connectivity index (χ4v) is 3.48. The fourth-order valence-electron chi connectivity index (χ4n) is 3.48. The first-order valence-corrected chi connectivity index (χ1v) is 9.59. The lowest BCUT2D eigenvalue weighted by molar-refractivity contribution is 0.166. The van der Waals surface area contributed by atoms with E-state index in [-0.39, 0.29) is 11.0 Å². The van der Waals surface area contributed by atoms with Crippen LogP contribution in [-0.4, -0.2) is 43.9 Å². The summed E-state index contributed by atoms with van der Waals surface area (Å²) in [5.74, 6) is 0.554. The Labute approximate surface area is 155 Å². The van der Waals surface area contributed by atoms with Gasteiger partial charge in [-0.1, -0.05) is 20.8 Å². The summed E-state index contributed by atoms with van der Waals surface area (Å²) in [5.41, 5.74) is 2.06. The normalized spacial score (nSPS) is 16.9. The summed E-state index contributed by atoms with van der Waals surface area (Å²) in [5, 5.41) is 4.35. The van der Waals surface area contributed by atoms with Gasteiger partial charge in [0.05, 0.1) is 24.8 Å². The minimum Gasteiger partial charge on any atom is -0.301 e. The van der Waals surface area contributed by atoms with Gasteiger partial charge in [-0.2, -0.15) is 5.10 Å². The largest absolute Gasteiger partial charge is 0.301 e. The maximum atomic E-state index is 12.4. The smallest absolute Gasteiger partial charge is 0.253 e. The van der Waals surface area contributed by atoms with Gasteiger partial charge in [0.2, 0.25) is 0 Å². The molecule has 2 aromatic rings. The topological polar surface area (TPSA) is 56.0 Å². The lowest BCUT2D eigenvalue weighted by Crippen LogP contribution is -2.38. The molecule has 0 N–H and O–H groups in total. The van der Waals surface area contributed by atoms with E-state index >= 15 is 0 Å². The van der Waals surface area contributed by atoms with Crippen molar-refractivity contribution < 1.29 is 0 Å². The zero-order chi connectivity index (χ0) is 18.7. The van der Waals surface area contributed by atoms with Crippen molar-refractivity contribution in [2.24, 2.45) is 5.92 Å². The Kier molecular flexibility index (Phi) is 5.61. The van der Waals surface area contributed by atoms with E-state index < -0.39 is 0 Å². The predicted molar refractivity (Wildman–Crippen MR) is 103 cm³/mol. The van der Waals surface area contributed by atoms with Crippen LogP contribution in [-0.2, 0) is 18.5 Å². The summed E-state index contributed by atoms with van der Waals surface area (Å²) in [6.45, 7) is 13.3. The van der Waals surface area contributed by atoms with Crippen LogP contribution in [0.15, 0.2) is 29.6 Å². The van der Waals surface area contributed by atoms with Crippen molar-refractivity contribution in [1.29, 1.82) is 0 Å². The fraction of sp³-hybridized carbons (Fsp3) is 0.650. The third-order valence-electron chi connectivity index (χ3n) is 5.22. The molecular formula is C20H31N5O. The molecule has 0 spiro atoms. The lowest BCUT2D eigenvalue weighted by Gasteiger charge is -2.32. The van der Waals surface area contributed by atoms with Crippen molar-refractivity contribution in [3.8, 4) is 0 Å². The Bertz CT molecular complexity index is 778. The molecule has 6 nitrogen and oxygen atoms in total. The lowest BCUT2D eigenvalue weighted by atomic mass is 9.92. The van der Waals surface area contributed by atoms with Crippen LogP contribution in [0.3, 0.4) is 0 Å². The van der Waals surface area contributed by atoms with Crippen molar-refractivity contribution in [1.82, 2.24) is 24.2 Å². The summed E-state index contributed by atoms with van der Waals surface area (Å²) >= 11 is 0. The van der Waals surface area contributed by atoms with Gasteiger partial charge in [0.15, 0.2) is 0 Å². The van der Waals surface area contributed by atoms with Gasteiger partial charge in [-0.3, -0.25) is 14.0 Å². The second-order valence-corrected chi connectivity index (χ2v) is 8.58. The summed E-state index contributed by atoms with van der Waals surface area (Å²) in [7, 11) is 0. The summed E-state index contributed by atoms with van der Waals surface area (Å²) in [6, 6.07) is 1.70. The first-order valence-electron chi connectivity index (χ1n) is 9.59. The standard InChI is InChI=1S/C20H31N5O/c1-16-12-22-25(13-16)10-9-23-7-5-17(6-8-23)14-24-15-21-18(11-19(24)26)20(2,3)4/h11-13,15,17H,5-10,14H2,1-4H3. The molecule has 1 fully saturated rings. The van der Waals surface area contributed by atoms with E-state index in [0.29, 0.717) is 5.92 Å². The molecule has 1 aliphatic heterocycles. The Hall–Kier alpha value is -1.95. The third-order valence-corrected chi connectivity index (χ3v) is 5.22. The highest BCUT2D eigenvalue weighted by Gasteiger charge is 2.21. The van der Waals surface area contributed by atoms with Crippen LogP contribution in [0.2, 0.25) is 0 Å². The molecule has 1 aliphatic rings. The highest BCUT2D eigenvalue weighted by Crippen LogP contribution is 2.20. The Balaban J connectivity index is 1.49. The number of aryl methyl sites for hydroxylation is 1. The quantitative estimate of drug-likeness (QED) is 0.825. The first kappa shape index (κ1) is 18.8. The van der Waals surface area contributed by atoms with E-state index in [1.165, 1.54) is 5.56 Å². The van der Waals surface area contributed by atoms with Crippen LogP contribution >= 0.6 is 0 Å². The van der Waals surface area contributed by atoms with Crippen molar-refractivity contribution in [2.45, 2.75) is 59.0 Å². The van der Waals surface area contributed by atoms with E-state index in [2.05, 4.69) is 48.9 Å². The van der Waals surface area contributed by atoms with Gasteiger partial charge >= 0.3 is 0 Å². The zero-order valence-corrected chi connectivity index (χ0v) is 16.5. The van der Waals surface area contributed by atoms with Crippen LogP contribution in [0.4, 0.5) is 0 Å². The van der Waals surface area contributed by atoms with Crippen molar-refractivity contribution >= 4 is 0 Å².